The molecule has 0 aliphatic carbocycles. The highest BCUT2D eigenvalue weighted by atomic mass is 35.5. The topological polar surface area (TPSA) is 119 Å². The predicted molar refractivity (Wildman–Crippen MR) is 123 cm³/mol. The van der Waals surface area contributed by atoms with Crippen molar-refractivity contribution >= 4 is 62.8 Å². The fourth-order valence-electron chi connectivity index (χ4n) is 2.43. The van der Waals surface area contributed by atoms with Crippen molar-refractivity contribution in [1.29, 1.82) is 0 Å². The molecule has 0 saturated carbocycles. The molecule has 2 aromatic carbocycles. The first-order valence-corrected chi connectivity index (χ1v) is 11.2. The first-order chi connectivity index (χ1) is 14.9. The lowest BCUT2D eigenvalue weighted by Crippen LogP contribution is -2.22. The molecular formula is C19H18ClN5O4S2. The summed E-state index contributed by atoms with van der Waals surface area (Å²) in [6.45, 7) is 4.17. The molecule has 1 aromatic heterocycles. The molecule has 0 aliphatic heterocycles. The zero-order chi connectivity index (χ0) is 22.4. The Morgan fingerprint density at radius 3 is 2.77 bits per heavy atom. The Labute approximate surface area is 191 Å². The fraction of sp³-hybridized carbons (Fsp3) is 0.211. The molecule has 0 radical (unpaired) electrons. The molecule has 9 nitrogen and oxygen atoms in total. The van der Waals surface area contributed by atoms with Crippen LogP contribution in [0.1, 0.15) is 13.8 Å². The van der Waals surface area contributed by atoms with Gasteiger partial charge in [-0.05, 0) is 32.0 Å². The number of amides is 1. The number of thioether (sulfide) groups is 1. The van der Waals surface area contributed by atoms with E-state index in [-0.39, 0.29) is 16.6 Å². The lowest BCUT2D eigenvalue weighted by molar-refractivity contribution is -0.384. The second-order valence-electron chi connectivity index (χ2n) is 6.10. The maximum absolute atomic E-state index is 12.5. The first kappa shape index (κ1) is 22.8. The third kappa shape index (κ3) is 6.06. The SMILES string of the molecule is CCOc1ccccc1Nc1nnc(SC(C)C(=O)Nc2ccc([N+](=O)[O-])cc2Cl)s1. The fourth-order valence-corrected chi connectivity index (χ4v) is 4.56. The number of hydrogen-bond donors (Lipinski definition) is 2. The predicted octanol–water partition coefficient (Wildman–Crippen LogP) is 5.36. The van der Waals surface area contributed by atoms with Crippen LogP contribution < -0.4 is 15.4 Å². The number of nitrogens with one attached hydrogen (secondary N) is 2. The zero-order valence-electron chi connectivity index (χ0n) is 16.5. The molecule has 0 fully saturated rings. The Morgan fingerprint density at radius 1 is 1.29 bits per heavy atom. The summed E-state index contributed by atoms with van der Waals surface area (Å²) in [6.07, 6.45) is 0. The van der Waals surface area contributed by atoms with Crippen LogP contribution in [0.5, 0.6) is 5.75 Å². The van der Waals surface area contributed by atoms with Crippen LogP contribution >= 0.6 is 34.7 Å². The normalized spacial score (nSPS) is 11.6. The molecule has 12 heteroatoms. The lowest BCUT2D eigenvalue weighted by atomic mass is 10.2. The Kier molecular flexibility index (Phi) is 7.66. The van der Waals surface area contributed by atoms with Crippen LogP contribution in [0.3, 0.4) is 0 Å². The third-order valence-electron chi connectivity index (χ3n) is 3.90. The van der Waals surface area contributed by atoms with Gasteiger partial charge in [-0.1, -0.05) is 46.8 Å². The summed E-state index contributed by atoms with van der Waals surface area (Å²) in [5, 5.41) is 25.0. The molecule has 31 heavy (non-hydrogen) atoms. The van der Waals surface area contributed by atoms with Crippen LogP contribution in [0.15, 0.2) is 46.8 Å². The van der Waals surface area contributed by atoms with Crippen molar-refractivity contribution in [2.75, 3.05) is 17.2 Å². The molecule has 1 amide bonds. The minimum Gasteiger partial charge on any atom is -0.492 e. The van der Waals surface area contributed by atoms with Crippen molar-refractivity contribution in [2.24, 2.45) is 0 Å². The summed E-state index contributed by atoms with van der Waals surface area (Å²) in [5.41, 5.74) is 0.928. The monoisotopic (exact) mass is 479 g/mol. The molecule has 2 N–H and O–H groups in total. The summed E-state index contributed by atoms with van der Waals surface area (Å²) < 4.78 is 6.19. The van der Waals surface area contributed by atoms with E-state index < -0.39 is 10.2 Å². The third-order valence-corrected chi connectivity index (χ3v) is 6.24. The maximum atomic E-state index is 12.5. The van der Waals surface area contributed by atoms with Crippen molar-refractivity contribution in [3.8, 4) is 5.75 Å². The number of rotatable bonds is 9. The smallest absolute Gasteiger partial charge is 0.271 e. The molecule has 1 heterocycles. The molecule has 3 aromatic rings. The standard InChI is InChI=1S/C19H18ClN5O4S2/c1-3-29-16-7-5-4-6-15(16)22-18-23-24-19(31-18)30-11(2)17(26)21-14-9-8-12(25(27)28)10-13(14)20/h4-11H,3H2,1-2H3,(H,21,26)(H,22,23). The summed E-state index contributed by atoms with van der Waals surface area (Å²) in [5.74, 6) is 0.397. The van der Waals surface area contributed by atoms with Crippen LogP contribution in [0.4, 0.5) is 22.2 Å². The summed E-state index contributed by atoms with van der Waals surface area (Å²) in [6, 6.07) is 11.4. The number of carbonyl (C=O) groups is 1. The van der Waals surface area contributed by atoms with Crippen molar-refractivity contribution < 1.29 is 14.5 Å². The van der Waals surface area contributed by atoms with Gasteiger partial charge < -0.3 is 15.4 Å². The van der Waals surface area contributed by atoms with Gasteiger partial charge >= 0.3 is 0 Å². The number of ether oxygens (including phenoxy) is 1. The van der Waals surface area contributed by atoms with Gasteiger partial charge in [-0.25, -0.2) is 0 Å². The van der Waals surface area contributed by atoms with Crippen molar-refractivity contribution in [2.45, 2.75) is 23.4 Å². The second kappa shape index (κ2) is 10.4. The molecule has 0 spiro atoms. The lowest BCUT2D eigenvalue weighted by Gasteiger charge is -2.11. The molecular weight excluding hydrogens is 462 g/mol. The Morgan fingerprint density at radius 2 is 2.06 bits per heavy atom. The molecule has 162 valence electrons. The van der Waals surface area contributed by atoms with E-state index in [2.05, 4.69) is 20.8 Å². The van der Waals surface area contributed by atoms with Crippen molar-refractivity contribution in [3.63, 3.8) is 0 Å². The van der Waals surface area contributed by atoms with E-state index >= 15 is 0 Å². The minimum absolute atomic E-state index is 0.0927. The molecule has 0 bridgehead atoms. The number of non-ortho nitro benzene ring substituents is 1. The first-order valence-electron chi connectivity index (χ1n) is 9.11. The van der Waals surface area contributed by atoms with Gasteiger partial charge in [0, 0.05) is 12.1 Å². The quantitative estimate of drug-likeness (QED) is 0.239. The van der Waals surface area contributed by atoms with Gasteiger partial charge in [0.1, 0.15) is 5.75 Å². The number of halogens is 1. The van der Waals surface area contributed by atoms with E-state index in [0.29, 0.717) is 27.5 Å². The van der Waals surface area contributed by atoms with E-state index in [1.807, 2.05) is 31.2 Å². The van der Waals surface area contributed by atoms with Gasteiger partial charge in [0.25, 0.3) is 5.69 Å². The van der Waals surface area contributed by atoms with Gasteiger partial charge in [-0.15, -0.1) is 10.2 Å². The average molecular weight is 480 g/mol. The van der Waals surface area contributed by atoms with E-state index in [4.69, 9.17) is 16.3 Å². The number of benzene rings is 2. The highest BCUT2D eigenvalue weighted by Crippen LogP contribution is 2.34. The largest absolute Gasteiger partial charge is 0.492 e. The second-order valence-corrected chi connectivity index (χ2v) is 9.07. The Balaban J connectivity index is 1.61. The number of para-hydroxylation sites is 2. The molecule has 0 saturated heterocycles. The highest BCUT2D eigenvalue weighted by molar-refractivity contribution is 8.02. The van der Waals surface area contributed by atoms with Crippen molar-refractivity contribution in [1.82, 2.24) is 10.2 Å². The number of nitro benzene ring substituents is 1. The Bertz CT molecular complexity index is 1090. The van der Waals surface area contributed by atoms with E-state index in [1.54, 1.807) is 6.92 Å². The minimum atomic E-state index is -0.552. The van der Waals surface area contributed by atoms with E-state index in [0.717, 1.165) is 5.69 Å². The number of nitrogens with zero attached hydrogens (tertiary/aromatic N) is 3. The van der Waals surface area contributed by atoms with Crippen LogP contribution in [0, 0.1) is 10.1 Å². The van der Waals surface area contributed by atoms with Gasteiger partial charge in [-0.3, -0.25) is 14.9 Å². The summed E-state index contributed by atoms with van der Waals surface area (Å²) in [7, 11) is 0. The van der Waals surface area contributed by atoms with E-state index in [1.165, 1.54) is 41.3 Å². The molecule has 0 aliphatic rings. The van der Waals surface area contributed by atoms with Gasteiger partial charge in [0.15, 0.2) is 4.34 Å². The maximum Gasteiger partial charge on any atom is 0.271 e. The van der Waals surface area contributed by atoms with E-state index in [9.17, 15) is 14.9 Å². The van der Waals surface area contributed by atoms with Gasteiger partial charge in [-0.2, -0.15) is 0 Å². The van der Waals surface area contributed by atoms with Crippen LogP contribution in [-0.2, 0) is 4.79 Å². The average Bonchev–Trinajstić information content (AvgIpc) is 3.17. The molecule has 3 rings (SSSR count). The van der Waals surface area contributed by atoms with Crippen LogP contribution in [0.25, 0.3) is 0 Å². The number of anilines is 3. The number of nitro groups is 1. The van der Waals surface area contributed by atoms with Crippen molar-refractivity contribution in [3.05, 3.63) is 57.6 Å². The van der Waals surface area contributed by atoms with Crippen LogP contribution in [0.2, 0.25) is 5.02 Å². The summed E-state index contributed by atoms with van der Waals surface area (Å²) in [4.78, 5) is 22.7. The highest BCUT2D eigenvalue weighted by Gasteiger charge is 2.19. The number of hydrogen-bond acceptors (Lipinski definition) is 9. The van der Waals surface area contributed by atoms with Crippen LogP contribution in [-0.4, -0.2) is 32.9 Å². The van der Waals surface area contributed by atoms with Gasteiger partial charge in [0.2, 0.25) is 11.0 Å². The number of aromatic nitrogens is 2. The molecule has 1 unspecified atom stereocenters. The number of carbonyl (C=O) groups excluding carboxylic acids is 1. The van der Waals surface area contributed by atoms with Gasteiger partial charge in [0.05, 0.1) is 33.2 Å². The summed E-state index contributed by atoms with van der Waals surface area (Å²) >= 11 is 8.58. The Hall–Kier alpha value is -2.89. The zero-order valence-corrected chi connectivity index (χ0v) is 18.9. The molecule has 1 atom stereocenters.